The molecule has 0 N–H and O–H groups in total. The first-order valence-corrected chi connectivity index (χ1v) is 2.75. The quantitative estimate of drug-likeness (QED) is 0.603. The molecule has 0 spiro atoms. The second-order valence-electron chi connectivity index (χ2n) is 3.25. The summed E-state index contributed by atoms with van der Waals surface area (Å²) in [4.78, 5) is 0. The minimum Gasteiger partial charge on any atom is -0.358 e. The third kappa shape index (κ3) is 8.69. The Kier molecular flexibility index (Phi) is 9.94. The number of hydrogen-bond acceptors (Lipinski definition) is 0. The topological polar surface area (TPSA) is 0 Å². The van der Waals surface area contributed by atoms with Crippen molar-refractivity contribution in [3.8, 4) is 0 Å². The molecule has 0 aliphatic heterocycles. The van der Waals surface area contributed by atoms with Gasteiger partial charge in [-0.25, -0.2) is 0 Å². The van der Waals surface area contributed by atoms with Crippen molar-refractivity contribution in [2.75, 3.05) is 0 Å². The molecule has 0 aliphatic rings. The summed E-state index contributed by atoms with van der Waals surface area (Å²) in [5.41, 5.74) is 0.417. The second-order valence-corrected chi connectivity index (χ2v) is 3.25. The van der Waals surface area contributed by atoms with Crippen molar-refractivity contribution in [3.63, 3.8) is 0 Å². The molecule has 0 bridgehead atoms. The second kappa shape index (κ2) is 5.47. The molecular formula is C8H18W. The van der Waals surface area contributed by atoms with Gasteiger partial charge in [0.05, 0.1) is 0 Å². The monoisotopic (exact) mass is 298 g/mol. The number of hydrogen-bond donors (Lipinski definition) is 0. The van der Waals surface area contributed by atoms with Crippen molar-refractivity contribution < 1.29 is 21.1 Å². The fourth-order valence-electron chi connectivity index (χ4n) is 0. The predicted octanol–water partition coefficient (Wildman–Crippen LogP) is 3.09. The fraction of sp³-hybridized carbons (Fsp3) is 0.750. The van der Waals surface area contributed by atoms with E-state index in [9.17, 15) is 0 Å². The molecule has 0 atom stereocenters. The van der Waals surface area contributed by atoms with Crippen LogP contribution < -0.4 is 0 Å². The summed E-state index contributed by atoms with van der Waals surface area (Å²) < 4.78 is 0. The van der Waals surface area contributed by atoms with E-state index < -0.39 is 0 Å². The van der Waals surface area contributed by atoms with Gasteiger partial charge in [0, 0.05) is 0 Å². The van der Waals surface area contributed by atoms with E-state index in [4.69, 9.17) is 0 Å². The van der Waals surface area contributed by atoms with Crippen molar-refractivity contribution in [1.29, 1.82) is 0 Å². The third-order valence-corrected chi connectivity index (χ3v) is 1.50. The minimum absolute atomic E-state index is 0. The Bertz CT molecular complexity index is 50.1. The molecule has 0 saturated heterocycles. The summed E-state index contributed by atoms with van der Waals surface area (Å²) in [7, 11) is 0. The van der Waals surface area contributed by atoms with Crippen LogP contribution in [0.1, 0.15) is 34.6 Å². The summed E-state index contributed by atoms with van der Waals surface area (Å²) >= 11 is 0. The van der Waals surface area contributed by atoms with Crippen molar-refractivity contribution >= 4 is 0 Å². The Morgan fingerprint density at radius 3 is 1.11 bits per heavy atom. The first-order chi connectivity index (χ1) is 2.94. The minimum atomic E-state index is 0. The fourth-order valence-corrected chi connectivity index (χ4v) is 0. The zero-order chi connectivity index (χ0) is 6.08. The Morgan fingerprint density at radius 2 is 1.11 bits per heavy atom. The SMILES string of the molecule is C[C-](C)C(C)(C)C.[CH3-].[W+2]. The van der Waals surface area contributed by atoms with E-state index in [0.717, 1.165) is 0 Å². The summed E-state index contributed by atoms with van der Waals surface area (Å²) in [6, 6.07) is 0. The molecule has 0 rings (SSSR count). The van der Waals surface area contributed by atoms with Crippen LogP contribution in [-0.4, -0.2) is 0 Å². The van der Waals surface area contributed by atoms with Crippen molar-refractivity contribution in [2.24, 2.45) is 5.41 Å². The molecule has 56 valence electrons. The molecule has 1 heteroatoms. The van der Waals surface area contributed by atoms with Gasteiger partial charge in [0.15, 0.2) is 0 Å². The zero-order valence-corrected chi connectivity index (χ0v) is 10.3. The molecule has 0 aromatic rings. The smallest absolute Gasteiger partial charge is 0.358 e. The average molecular weight is 298 g/mol. The van der Waals surface area contributed by atoms with Gasteiger partial charge in [-0.15, -0.1) is 0 Å². The van der Waals surface area contributed by atoms with Gasteiger partial charge in [0.25, 0.3) is 0 Å². The summed E-state index contributed by atoms with van der Waals surface area (Å²) in [6.07, 6.45) is 0. The van der Waals surface area contributed by atoms with Gasteiger partial charge >= 0.3 is 21.1 Å². The third-order valence-electron chi connectivity index (χ3n) is 1.50. The molecule has 0 radical (unpaired) electrons. The maximum absolute atomic E-state index is 2.22. The molecule has 0 fully saturated rings. The van der Waals surface area contributed by atoms with Crippen LogP contribution in [-0.2, 0) is 21.1 Å². The van der Waals surface area contributed by atoms with Crippen LogP contribution in [0.25, 0.3) is 0 Å². The normalized spacial score (nSPS) is 10.0. The van der Waals surface area contributed by atoms with Crippen molar-refractivity contribution in [1.82, 2.24) is 0 Å². The summed E-state index contributed by atoms with van der Waals surface area (Å²) in [6.45, 7) is 11.0. The Labute approximate surface area is 74.7 Å². The Morgan fingerprint density at radius 1 is 1.00 bits per heavy atom. The van der Waals surface area contributed by atoms with Crippen LogP contribution in [0.15, 0.2) is 0 Å². The average Bonchev–Trinajstić information content (AvgIpc) is 1.31. The van der Waals surface area contributed by atoms with Crippen LogP contribution in [0.4, 0.5) is 0 Å². The van der Waals surface area contributed by atoms with Crippen molar-refractivity contribution in [2.45, 2.75) is 34.6 Å². The van der Waals surface area contributed by atoms with Crippen LogP contribution in [0.5, 0.6) is 0 Å². The van der Waals surface area contributed by atoms with E-state index in [2.05, 4.69) is 34.6 Å². The van der Waals surface area contributed by atoms with Gasteiger partial charge < -0.3 is 13.3 Å². The molecular weight excluding hydrogens is 280 g/mol. The largest absolute Gasteiger partial charge is 2.00 e. The van der Waals surface area contributed by atoms with Gasteiger partial charge in [0.2, 0.25) is 0 Å². The van der Waals surface area contributed by atoms with Crippen LogP contribution >= 0.6 is 0 Å². The maximum atomic E-state index is 2.22. The van der Waals surface area contributed by atoms with Crippen LogP contribution in [0, 0.1) is 18.8 Å². The Hall–Kier alpha value is 0.688. The van der Waals surface area contributed by atoms with E-state index in [-0.39, 0.29) is 28.5 Å². The zero-order valence-electron chi connectivity index (χ0n) is 7.41. The van der Waals surface area contributed by atoms with Crippen molar-refractivity contribution in [3.05, 3.63) is 13.3 Å². The predicted molar refractivity (Wildman–Crippen MR) is 40.5 cm³/mol. The Balaban J connectivity index is -0.000000180. The van der Waals surface area contributed by atoms with Crippen LogP contribution in [0.2, 0.25) is 0 Å². The van der Waals surface area contributed by atoms with Gasteiger partial charge in [0.1, 0.15) is 0 Å². The van der Waals surface area contributed by atoms with Gasteiger partial charge in [-0.05, 0) is 0 Å². The molecule has 0 heterocycles. The van der Waals surface area contributed by atoms with E-state index in [1.165, 1.54) is 5.92 Å². The maximum Gasteiger partial charge on any atom is 2.00 e. The van der Waals surface area contributed by atoms with E-state index in [1.807, 2.05) is 0 Å². The molecule has 0 saturated carbocycles. The summed E-state index contributed by atoms with van der Waals surface area (Å²) in [5.74, 6) is 1.49. The van der Waals surface area contributed by atoms with Crippen LogP contribution in [0.3, 0.4) is 0 Å². The van der Waals surface area contributed by atoms with E-state index in [0.29, 0.717) is 5.41 Å². The standard InChI is InChI=1S/C7H15.CH3.W/c1-6(2)7(3,4)5;;/h1-5H3;1H3;/q2*-1;+2. The molecule has 0 aromatic heterocycles. The first-order valence-electron chi connectivity index (χ1n) is 2.75. The molecule has 0 nitrogen and oxygen atoms in total. The van der Waals surface area contributed by atoms with Gasteiger partial charge in [-0.3, -0.25) is 0 Å². The van der Waals surface area contributed by atoms with Gasteiger partial charge in [-0.2, -0.15) is 19.3 Å². The van der Waals surface area contributed by atoms with E-state index in [1.54, 1.807) is 0 Å². The molecule has 0 unspecified atom stereocenters. The molecule has 0 aromatic carbocycles. The first kappa shape index (κ1) is 16.3. The summed E-state index contributed by atoms with van der Waals surface area (Å²) in [5, 5.41) is 0. The molecule has 0 aliphatic carbocycles. The van der Waals surface area contributed by atoms with Gasteiger partial charge in [-0.1, -0.05) is 20.8 Å². The van der Waals surface area contributed by atoms with E-state index >= 15 is 0 Å². The number of rotatable bonds is 0. The molecule has 0 amide bonds. The molecule has 9 heavy (non-hydrogen) atoms.